The van der Waals surface area contributed by atoms with E-state index < -0.39 is 11.9 Å². The predicted octanol–water partition coefficient (Wildman–Crippen LogP) is 0.875. The van der Waals surface area contributed by atoms with E-state index in [1.165, 1.54) is 13.0 Å². The molecule has 1 aliphatic heterocycles. The summed E-state index contributed by atoms with van der Waals surface area (Å²) in [6.45, 7) is 8.00. The Morgan fingerprint density at radius 2 is 1.87 bits per heavy atom. The van der Waals surface area contributed by atoms with E-state index in [0.717, 1.165) is 12.2 Å². The van der Waals surface area contributed by atoms with E-state index >= 15 is 0 Å². The van der Waals surface area contributed by atoms with Crippen LogP contribution in [0.1, 0.15) is 6.92 Å². The molecule has 0 aromatic heterocycles. The Morgan fingerprint density at radius 3 is 2.00 bits per heavy atom. The summed E-state index contributed by atoms with van der Waals surface area (Å²) in [6.07, 6.45) is 3.55. The lowest BCUT2D eigenvalue weighted by Crippen LogP contribution is -1.96. The fourth-order valence-corrected chi connectivity index (χ4v) is 0.530. The molecule has 0 atom stereocenters. The third-order valence-electron chi connectivity index (χ3n) is 1.06. The van der Waals surface area contributed by atoms with Crippen LogP contribution in [-0.4, -0.2) is 17.9 Å². The molecule has 5 nitrogen and oxygen atoms in total. The van der Waals surface area contributed by atoms with E-state index in [2.05, 4.69) is 22.6 Å². The zero-order chi connectivity index (χ0) is 11.8. The summed E-state index contributed by atoms with van der Waals surface area (Å²) in [5.74, 6) is -1.23. The van der Waals surface area contributed by atoms with Crippen molar-refractivity contribution in [3.8, 4) is 0 Å². The van der Waals surface area contributed by atoms with E-state index in [-0.39, 0.29) is 11.7 Å². The number of carbonyl (C=O) groups is 3. The summed E-state index contributed by atoms with van der Waals surface area (Å²) < 4.78 is 8.42. The number of cyclic esters (lactones) is 2. The third-order valence-corrected chi connectivity index (χ3v) is 1.06. The largest absolute Gasteiger partial charge is 0.427 e. The quantitative estimate of drug-likeness (QED) is 0.293. The topological polar surface area (TPSA) is 69.7 Å². The molecule has 0 N–H and O–H groups in total. The van der Waals surface area contributed by atoms with Gasteiger partial charge in [0.1, 0.15) is 5.76 Å². The maximum Gasteiger partial charge on any atom is 0.338 e. The molecule has 0 radical (unpaired) electrons. The second-order valence-corrected chi connectivity index (χ2v) is 2.34. The maximum atomic E-state index is 10.1. The number of esters is 3. The van der Waals surface area contributed by atoms with Crippen LogP contribution in [0.25, 0.3) is 0 Å². The lowest BCUT2D eigenvalue weighted by atomic mass is 10.5. The van der Waals surface area contributed by atoms with Gasteiger partial charge in [0.15, 0.2) is 0 Å². The first-order valence-corrected chi connectivity index (χ1v) is 3.89. The molecule has 0 unspecified atom stereocenters. The van der Waals surface area contributed by atoms with Crippen LogP contribution in [0.2, 0.25) is 0 Å². The van der Waals surface area contributed by atoms with Crippen molar-refractivity contribution in [3.63, 3.8) is 0 Å². The summed E-state index contributed by atoms with van der Waals surface area (Å²) >= 11 is 0. The number of ether oxygens (including phenoxy) is 2. The van der Waals surface area contributed by atoms with Crippen molar-refractivity contribution in [1.82, 2.24) is 0 Å². The monoisotopic (exact) mass is 210 g/mol. The van der Waals surface area contributed by atoms with Crippen LogP contribution in [0, 0.1) is 0 Å². The van der Waals surface area contributed by atoms with Gasteiger partial charge < -0.3 is 9.47 Å². The Hall–Kier alpha value is -2.17. The van der Waals surface area contributed by atoms with Crippen LogP contribution in [0.4, 0.5) is 0 Å². The van der Waals surface area contributed by atoms with Gasteiger partial charge in [0.2, 0.25) is 0 Å². The zero-order valence-electron chi connectivity index (χ0n) is 8.19. The highest BCUT2D eigenvalue weighted by molar-refractivity contribution is 6.04. The number of hydrogen-bond donors (Lipinski definition) is 0. The molecule has 0 aromatic carbocycles. The van der Waals surface area contributed by atoms with Gasteiger partial charge in [-0.05, 0) is 6.08 Å². The lowest BCUT2D eigenvalue weighted by molar-refractivity contribution is -0.150. The second-order valence-electron chi connectivity index (χ2n) is 2.34. The average Bonchev–Trinajstić information content (AvgIpc) is 2.49. The Morgan fingerprint density at radius 1 is 1.40 bits per heavy atom. The first-order valence-electron chi connectivity index (χ1n) is 3.89. The van der Waals surface area contributed by atoms with E-state index in [1.807, 2.05) is 0 Å². The van der Waals surface area contributed by atoms with E-state index in [4.69, 9.17) is 0 Å². The van der Waals surface area contributed by atoms with Crippen LogP contribution in [0.3, 0.4) is 0 Å². The summed E-state index contributed by atoms with van der Waals surface area (Å²) in [6, 6.07) is 0. The molecule has 1 heterocycles. The van der Waals surface area contributed by atoms with Gasteiger partial charge in [-0.1, -0.05) is 13.2 Å². The molecule has 0 amide bonds. The van der Waals surface area contributed by atoms with Crippen molar-refractivity contribution in [2.45, 2.75) is 6.92 Å². The van der Waals surface area contributed by atoms with Gasteiger partial charge in [0, 0.05) is 19.1 Å². The molecule has 0 saturated heterocycles. The van der Waals surface area contributed by atoms with Gasteiger partial charge >= 0.3 is 17.9 Å². The highest BCUT2D eigenvalue weighted by Gasteiger charge is 2.10. The molecule has 0 fully saturated rings. The number of allylic oxidation sites excluding steroid dienone is 1. The average molecular weight is 210 g/mol. The van der Waals surface area contributed by atoms with Gasteiger partial charge in [0.05, 0.1) is 0 Å². The van der Waals surface area contributed by atoms with Crippen molar-refractivity contribution >= 4 is 17.9 Å². The second kappa shape index (κ2) is 6.31. The smallest absolute Gasteiger partial charge is 0.338 e. The first kappa shape index (κ1) is 12.8. The molecule has 0 spiro atoms. The standard InChI is InChI=1S/C6H8O2.C4H2O3/c1-4-5(2)8-6(3)7;5-3-1-2-4(6)7-3/h4H,1-2H2,3H3;1-2H. The van der Waals surface area contributed by atoms with Gasteiger partial charge in [-0.15, -0.1) is 0 Å². The minimum absolute atomic E-state index is 0.289. The molecular formula is C10H10O5. The highest BCUT2D eigenvalue weighted by atomic mass is 16.6. The first-order chi connectivity index (χ1) is 6.95. The Labute approximate surface area is 86.7 Å². The Balaban J connectivity index is 0.000000262. The van der Waals surface area contributed by atoms with Crippen LogP contribution in [0.15, 0.2) is 37.1 Å². The van der Waals surface area contributed by atoms with E-state index in [1.54, 1.807) is 0 Å². The van der Waals surface area contributed by atoms with Crippen molar-refractivity contribution in [1.29, 1.82) is 0 Å². The molecule has 0 saturated carbocycles. The number of hydrogen-bond acceptors (Lipinski definition) is 5. The van der Waals surface area contributed by atoms with Crippen molar-refractivity contribution in [2.75, 3.05) is 0 Å². The molecule has 15 heavy (non-hydrogen) atoms. The number of carbonyl (C=O) groups excluding carboxylic acids is 3. The summed E-state index contributed by atoms with van der Waals surface area (Å²) in [5, 5.41) is 0. The van der Waals surface area contributed by atoms with Crippen LogP contribution < -0.4 is 0 Å². The Bertz CT molecular complexity index is 322. The summed E-state index contributed by atoms with van der Waals surface area (Å²) in [4.78, 5) is 29.9. The van der Waals surface area contributed by atoms with Gasteiger partial charge in [0.25, 0.3) is 0 Å². The van der Waals surface area contributed by atoms with Crippen LogP contribution >= 0.6 is 0 Å². The van der Waals surface area contributed by atoms with E-state index in [0.29, 0.717) is 0 Å². The SMILES string of the molecule is C=CC(=C)OC(C)=O.O=C1C=CC(=O)O1. The number of rotatable bonds is 2. The van der Waals surface area contributed by atoms with Crippen LogP contribution in [0.5, 0.6) is 0 Å². The molecule has 5 heteroatoms. The lowest BCUT2D eigenvalue weighted by Gasteiger charge is -1.95. The maximum absolute atomic E-state index is 10.1. The van der Waals surface area contributed by atoms with Gasteiger partial charge in [-0.3, -0.25) is 4.79 Å². The molecule has 1 aliphatic rings. The Kier molecular flexibility index (Phi) is 5.40. The fraction of sp³-hybridized carbons (Fsp3) is 0.100. The summed E-state index contributed by atoms with van der Waals surface area (Å²) in [5.41, 5.74) is 0. The molecule has 1 rings (SSSR count). The normalized spacial score (nSPS) is 12.3. The summed E-state index contributed by atoms with van der Waals surface area (Å²) in [7, 11) is 0. The molecular weight excluding hydrogens is 200 g/mol. The predicted molar refractivity (Wildman–Crippen MR) is 51.3 cm³/mol. The van der Waals surface area contributed by atoms with Crippen molar-refractivity contribution in [2.24, 2.45) is 0 Å². The van der Waals surface area contributed by atoms with Gasteiger partial charge in [-0.2, -0.15) is 0 Å². The van der Waals surface area contributed by atoms with Crippen molar-refractivity contribution in [3.05, 3.63) is 37.1 Å². The molecule has 0 aromatic rings. The van der Waals surface area contributed by atoms with Gasteiger partial charge in [-0.25, -0.2) is 9.59 Å². The molecule has 0 aliphatic carbocycles. The fourth-order valence-electron chi connectivity index (χ4n) is 0.530. The minimum Gasteiger partial charge on any atom is -0.427 e. The molecule has 0 bridgehead atoms. The van der Waals surface area contributed by atoms with E-state index in [9.17, 15) is 14.4 Å². The third kappa shape index (κ3) is 6.94. The zero-order valence-corrected chi connectivity index (χ0v) is 8.19. The molecule has 80 valence electrons. The highest BCUT2D eigenvalue weighted by Crippen LogP contribution is 1.93. The van der Waals surface area contributed by atoms with Crippen molar-refractivity contribution < 1.29 is 23.9 Å². The van der Waals surface area contributed by atoms with Crippen LogP contribution in [-0.2, 0) is 23.9 Å². The minimum atomic E-state index is -0.579.